The molecule has 0 N–H and O–H groups in total. The molecule has 0 aliphatic rings. The lowest BCUT2D eigenvalue weighted by molar-refractivity contribution is -0.671. The first-order chi connectivity index (χ1) is 5.83. The van der Waals surface area contributed by atoms with E-state index in [4.69, 9.17) is 0 Å². The van der Waals surface area contributed by atoms with Gasteiger partial charge in [0.25, 0.3) is 0 Å². The summed E-state index contributed by atoms with van der Waals surface area (Å²) in [6.45, 7) is 3.24. The first-order valence-corrected chi connectivity index (χ1v) is 4.49. The van der Waals surface area contributed by atoms with Gasteiger partial charge in [0, 0.05) is 6.42 Å². The smallest absolute Gasteiger partial charge is 0.240 e. The molecule has 0 saturated heterocycles. The SMILES string of the molecule is CCC=CCCn1cc[n+](C)c1. The van der Waals surface area contributed by atoms with Crippen molar-refractivity contribution in [1.29, 1.82) is 0 Å². The second-order valence-corrected chi connectivity index (χ2v) is 2.99. The van der Waals surface area contributed by atoms with E-state index in [0.717, 1.165) is 19.4 Å². The van der Waals surface area contributed by atoms with Gasteiger partial charge in [-0.05, 0) is 6.42 Å². The molecule has 1 aromatic heterocycles. The summed E-state index contributed by atoms with van der Waals surface area (Å²) in [7, 11) is 2.04. The quantitative estimate of drug-likeness (QED) is 0.474. The van der Waals surface area contributed by atoms with Crippen molar-refractivity contribution in [3.8, 4) is 0 Å². The Morgan fingerprint density at radius 3 is 2.83 bits per heavy atom. The van der Waals surface area contributed by atoms with Crippen LogP contribution in [0.1, 0.15) is 19.8 Å². The predicted octanol–water partition coefficient (Wildman–Crippen LogP) is 1.67. The van der Waals surface area contributed by atoms with Crippen molar-refractivity contribution in [2.24, 2.45) is 7.05 Å². The molecule has 1 heterocycles. The normalized spacial score (nSPS) is 11.2. The summed E-state index contributed by atoms with van der Waals surface area (Å²) in [5, 5.41) is 0. The fourth-order valence-electron chi connectivity index (χ4n) is 1.14. The van der Waals surface area contributed by atoms with Gasteiger partial charge >= 0.3 is 0 Å². The molecule has 0 saturated carbocycles. The summed E-state index contributed by atoms with van der Waals surface area (Å²) >= 11 is 0. The van der Waals surface area contributed by atoms with Crippen LogP contribution in [-0.4, -0.2) is 4.57 Å². The second kappa shape index (κ2) is 4.75. The highest BCUT2D eigenvalue weighted by atomic mass is 15.1. The van der Waals surface area contributed by atoms with Crippen LogP contribution in [0.15, 0.2) is 30.9 Å². The maximum Gasteiger partial charge on any atom is 0.243 e. The van der Waals surface area contributed by atoms with Crippen LogP contribution in [0.25, 0.3) is 0 Å². The molecule has 0 aliphatic carbocycles. The van der Waals surface area contributed by atoms with Crippen LogP contribution in [-0.2, 0) is 13.6 Å². The molecule has 2 nitrogen and oxygen atoms in total. The van der Waals surface area contributed by atoms with Crippen LogP contribution in [0.5, 0.6) is 0 Å². The van der Waals surface area contributed by atoms with Gasteiger partial charge < -0.3 is 0 Å². The molecule has 0 aromatic carbocycles. The highest BCUT2D eigenvalue weighted by Crippen LogP contribution is 1.91. The van der Waals surface area contributed by atoms with Crippen LogP contribution >= 0.6 is 0 Å². The molecule has 1 rings (SSSR count). The molecule has 0 radical (unpaired) electrons. The molecule has 1 aromatic rings. The number of aromatic nitrogens is 2. The fraction of sp³-hybridized carbons (Fsp3) is 0.500. The van der Waals surface area contributed by atoms with Crippen molar-refractivity contribution in [3.63, 3.8) is 0 Å². The second-order valence-electron chi connectivity index (χ2n) is 2.99. The van der Waals surface area contributed by atoms with Gasteiger partial charge in [-0.25, -0.2) is 9.13 Å². The number of aryl methyl sites for hydroxylation is 2. The van der Waals surface area contributed by atoms with Crippen LogP contribution in [0.4, 0.5) is 0 Å². The predicted molar refractivity (Wildman–Crippen MR) is 49.7 cm³/mol. The molecule has 12 heavy (non-hydrogen) atoms. The van der Waals surface area contributed by atoms with Crippen molar-refractivity contribution in [2.45, 2.75) is 26.3 Å². The molecule has 0 spiro atoms. The molecule has 0 bridgehead atoms. The third kappa shape index (κ3) is 2.91. The number of hydrogen-bond acceptors (Lipinski definition) is 0. The number of rotatable bonds is 4. The lowest BCUT2D eigenvalue weighted by Gasteiger charge is -1.89. The molecular formula is C10H17N2+. The van der Waals surface area contributed by atoms with E-state index in [-0.39, 0.29) is 0 Å². The zero-order valence-corrected chi connectivity index (χ0v) is 7.90. The minimum atomic E-state index is 1.08. The van der Waals surface area contributed by atoms with Crippen molar-refractivity contribution in [2.75, 3.05) is 0 Å². The average Bonchev–Trinajstić information content (AvgIpc) is 2.45. The van der Waals surface area contributed by atoms with Crippen molar-refractivity contribution < 1.29 is 4.57 Å². The van der Waals surface area contributed by atoms with E-state index in [1.807, 2.05) is 7.05 Å². The highest BCUT2D eigenvalue weighted by molar-refractivity contribution is 4.80. The zero-order valence-electron chi connectivity index (χ0n) is 7.90. The third-order valence-electron chi connectivity index (χ3n) is 1.78. The third-order valence-corrected chi connectivity index (χ3v) is 1.78. The Morgan fingerprint density at radius 1 is 1.42 bits per heavy atom. The lowest BCUT2D eigenvalue weighted by Crippen LogP contribution is -2.23. The minimum Gasteiger partial charge on any atom is -0.240 e. The number of allylic oxidation sites excluding steroid dienone is 2. The zero-order chi connectivity index (χ0) is 8.81. The van der Waals surface area contributed by atoms with E-state index in [1.165, 1.54) is 0 Å². The van der Waals surface area contributed by atoms with Gasteiger partial charge in [-0.2, -0.15) is 0 Å². The van der Waals surface area contributed by atoms with Gasteiger partial charge in [-0.15, -0.1) is 0 Å². The Kier molecular flexibility index (Phi) is 3.58. The molecular weight excluding hydrogens is 148 g/mol. The summed E-state index contributed by atoms with van der Waals surface area (Å²) in [6.07, 6.45) is 13.0. The Hall–Kier alpha value is -1.05. The number of nitrogens with zero attached hydrogens (tertiary/aromatic N) is 2. The molecule has 0 unspecified atom stereocenters. The van der Waals surface area contributed by atoms with E-state index < -0.39 is 0 Å². The molecule has 2 heteroatoms. The van der Waals surface area contributed by atoms with Gasteiger partial charge in [0.2, 0.25) is 6.33 Å². The van der Waals surface area contributed by atoms with Gasteiger partial charge in [0.1, 0.15) is 12.4 Å². The first kappa shape index (κ1) is 9.04. The maximum atomic E-state index is 2.24. The van der Waals surface area contributed by atoms with Gasteiger partial charge in [0.05, 0.1) is 13.6 Å². The summed E-state index contributed by atoms with van der Waals surface area (Å²) in [5.74, 6) is 0. The van der Waals surface area contributed by atoms with E-state index in [2.05, 4.69) is 46.9 Å². The minimum absolute atomic E-state index is 1.08. The monoisotopic (exact) mass is 165 g/mol. The Morgan fingerprint density at radius 2 is 2.25 bits per heavy atom. The number of imidazole rings is 1. The first-order valence-electron chi connectivity index (χ1n) is 4.49. The van der Waals surface area contributed by atoms with E-state index in [0.29, 0.717) is 0 Å². The summed E-state index contributed by atoms with van der Waals surface area (Å²) in [6, 6.07) is 0. The molecule has 0 atom stereocenters. The molecule has 66 valence electrons. The van der Waals surface area contributed by atoms with Gasteiger partial charge in [-0.1, -0.05) is 19.1 Å². The molecule has 0 amide bonds. The lowest BCUT2D eigenvalue weighted by atomic mass is 10.3. The summed E-state index contributed by atoms with van der Waals surface area (Å²) in [5.41, 5.74) is 0. The Labute approximate surface area is 74.1 Å². The Balaban J connectivity index is 2.28. The van der Waals surface area contributed by atoms with Crippen molar-refractivity contribution >= 4 is 0 Å². The van der Waals surface area contributed by atoms with E-state index >= 15 is 0 Å². The largest absolute Gasteiger partial charge is 0.243 e. The molecule has 0 fully saturated rings. The standard InChI is InChI=1S/C10H17N2/c1-3-4-5-6-7-12-9-8-11(2)10-12/h4-5,8-10H,3,6-7H2,1-2H3/q+1. The average molecular weight is 165 g/mol. The van der Waals surface area contributed by atoms with Crippen LogP contribution in [0, 0.1) is 0 Å². The van der Waals surface area contributed by atoms with Crippen LogP contribution in [0.2, 0.25) is 0 Å². The summed E-state index contributed by atoms with van der Waals surface area (Å²) < 4.78 is 4.25. The number of hydrogen-bond donors (Lipinski definition) is 0. The van der Waals surface area contributed by atoms with Crippen molar-refractivity contribution in [1.82, 2.24) is 4.57 Å². The van der Waals surface area contributed by atoms with Crippen LogP contribution in [0.3, 0.4) is 0 Å². The van der Waals surface area contributed by atoms with Gasteiger partial charge in [0.15, 0.2) is 0 Å². The fourth-order valence-corrected chi connectivity index (χ4v) is 1.14. The van der Waals surface area contributed by atoms with E-state index in [9.17, 15) is 0 Å². The summed E-state index contributed by atoms with van der Waals surface area (Å²) in [4.78, 5) is 0. The topological polar surface area (TPSA) is 8.81 Å². The van der Waals surface area contributed by atoms with Crippen molar-refractivity contribution in [3.05, 3.63) is 30.9 Å². The molecule has 0 aliphatic heterocycles. The highest BCUT2D eigenvalue weighted by Gasteiger charge is 1.96. The maximum absolute atomic E-state index is 2.24. The Bertz CT molecular complexity index is 248. The van der Waals surface area contributed by atoms with Crippen LogP contribution < -0.4 is 4.57 Å². The van der Waals surface area contributed by atoms with Gasteiger partial charge in [-0.3, -0.25) is 0 Å². The van der Waals surface area contributed by atoms with E-state index in [1.54, 1.807) is 0 Å².